The van der Waals surface area contributed by atoms with E-state index in [1.54, 1.807) is 0 Å². The van der Waals surface area contributed by atoms with Crippen molar-refractivity contribution in [1.29, 1.82) is 0 Å². The highest BCUT2D eigenvalue weighted by atomic mass is 16.5. The molecular weight excluding hydrogens is 236 g/mol. The molecule has 4 bridgehead atoms. The fraction of sp³-hybridized carbons (Fsp3) is 0.688. The molecule has 3 nitrogen and oxygen atoms in total. The highest BCUT2D eigenvalue weighted by Gasteiger charge is 2.49. The number of rotatable bonds is 3. The molecule has 102 valence electrons. The van der Waals surface area contributed by atoms with Crippen LogP contribution >= 0.6 is 0 Å². The van der Waals surface area contributed by atoms with Gasteiger partial charge in [0.2, 0.25) is 5.88 Å². The first kappa shape index (κ1) is 11.7. The van der Waals surface area contributed by atoms with Crippen LogP contribution in [0.4, 0.5) is 0 Å². The van der Waals surface area contributed by atoms with Crippen LogP contribution < -0.4 is 10.5 Å². The first-order valence-electron chi connectivity index (χ1n) is 7.63. The summed E-state index contributed by atoms with van der Waals surface area (Å²) in [5, 5.41) is 0. The van der Waals surface area contributed by atoms with E-state index in [-0.39, 0.29) is 0 Å². The Labute approximate surface area is 114 Å². The van der Waals surface area contributed by atoms with Crippen LogP contribution in [0.3, 0.4) is 0 Å². The maximum atomic E-state index is 6.27. The third-order valence-corrected chi connectivity index (χ3v) is 5.43. The summed E-state index contributed by atoms with van der Waals surface area (Å²) >= 11 is 0. The minimum absolute atomic E-state index is 0.410. The summed E-state index contributed by atoms with van der Waals surface area (Å²) < 4.78 is 6.27. The predicted molar refractivity (Wildman–Crippen MR) is 73.6 cm³/mol. The topological polar surface area (TPSA) is 48.1 Å². The van der Waals surface area contributed by atoms with Crippen molar-refractivity contribution < 1.29 is 4.74 Å². The van der Waals surface area contributed by atoms with Crippen LogP contribution in [0.15, 0.2) is 18.3 Å². The largest absolute Gasteiger partial charge is 0.474 e. The standard InChI is InChI=1S/C16H22N2O/c17-9-10-1-2-18-15(8-10)19-16-13-4-11-3-12(6-13)7-14(16)5-11/h1-2,8,11-14,16H,3-7,9,17H2. The normalized spacial score (nSPS) is 39.5. The Hall–Kier alpha value is -1.09. The average Bonchev–Trinajstić information content (AvgIpc) is 2.42. The summed E-state index contributed by atoms with van der Waals surface area (Å²) in [6.45, 7) is 0.556. The van der Waals surface area contributed by atoms with Crippen LogP contribution in [0.1, 0.15) is 37.7 Å². The van der Waals surface area contributed by atoms with Crippen molar-refractivity contribution in [2.45, 2.75) is 44.8 Å². The SMILES string of the molecule is NCc1ccnc(OC2C3CC4CC(C3)CC2C4)c1. The molecule has 0 amide bonds. The van der Waals surface area contributed by atoms with Gasteiger partial charge >= 0.3 is 0 Å². The van der Waals surface area contributed by atoms with E-state index >= 15 is 0 Å². The molecule has 5 rings (SSSR count). The molecule has 3 heteroatoms. The summed E-state index contributed by atoms with van der Waals surface area (Å²) in [5.41, 5.74) is 6.79. The van der Waals surface area contributed by atoms with E-state index in [4.69, 9.17) is 10.5 Å². The smallest absolute Gasteiger partial charge is 0.213 e. The second kappa shape index (κ2) is 4.48. The van der Waals surface area contributed by atoms with Crippen molar-refractivity contribution in [3.8, 4) is 5.88 Å². The molecule has 4 saturated carbocycles. The lowest BCUT2D eigenvalue weighted by molar-refractivity contribution is -0.0805. The maximum Gasteiger partial charge on any atom is 0.213 e. The lowest BCUT2D eigenvalue weighted by Crippen LogP contribution is -2.50. The van der Waals surface area contributed by atoms with Gasteiger partial charge in [-0.25, -0.2) is 4.98 Å². The van der Waals surface area contributed by atoms with Crippen LogP contribution in [-0.2, 0) is 6.54 Å². The molecule has 0 aromatic carbocycles. The van der Waals surface area contributed by atoms with Crippen molar-refractivity contribution in [2.75, 3.05) is 0 Å². The monoisotopic (exact) mass is 258 g/mol. The van der Waals surface area contributed by atoms with E-state index in [1.165, 1.54) is 32.1 Å². The number of nitrogens with two attached hydrogens (primary N) is 1. The number of ether oxygens (including phenoxy) is 1. The lowest BCUT2D eigenvalue weighted by atomic mass is 9.55. The van der Waals surface area contributed by atoms with Crippen LogP contribution in [0.5, 0.6) is 5.88 Å². The zero-order chi connectivity index (χ0) is 12.8. The number of pyridine rings is 1. The van der Waals surface area contributed by atoms with Gasteiger partial charge in [0.1, 0.15) is 6.10 Å². The molecule has 0 spiro atoms. The van der Waals surface area contributed by atoms with Crippen LogP contribution in [0, 0.1) is 23.7 Å². The van der Waals surface area contributed by atoms with Crippen LogP contribution in [-0.4, -0.2) is 11.1 Å². The molecule has 0 atom stereocenters. The fourth-order valence-corrected chi connectivity index (χ4v) is 4.85. The Balaban J connectivity index is 1.53. The van der Waals surface area contributed by atoms with Crippen molar-refractivity contribution in [3.05, 3.63) is 23.9 Å². The Morgan fingerprint density at radius 3 is 2.42 bits per heavy atom. The van der Waals surface area contributed by atoms with E-state index in [0.29, 0.717) is 12.6 Å². The van der Waals surface area contributed by atoms with Gasteiger partial charge in [-0.15, -0.1) is 0 Å². The summed E-state index contributed by atoms with van der Waals surface area (Å²) in [4.78, 5) is 4.36. The molecule has 0 aliphatic heterocycles. The molecule has 19 heavy (non-hydrogen) atoms. The quantitative estimate of drug-likeness (QED) is 0.907. The molecule has 0 unspecified atom stereocenters. The van der Waals surface area contributed by atoms with E-state index in [1.807, 2.05) is 18.3 Å². The number of aromatic nitrogens is 1. The molecule has 0 saturated heterocycles. The Morgan fingerprint density at radius 1 is 1.11 bits per heavy atom. The van der Waals surface area contributed by atoms with Gasteiger partial charge in [0, 0.05) is 18.8 Å². The average molecular weight is 258 g/mol. The van der Waals surface area contributed by atoms with E-state index in [0.717, 1.165) is 35.1 Å². The molecule has 1 aromatic heterocycles. The molecule has 4 aliphatic carbocycles. The van der Waals surface area contributed by atoms with Gasteiger partial charge in [0.25, 0.3) is 0 Å². The highest BCUT2D eigenvalue weighted by Crippen LogP contribution is 2.54. The zero-order valence-electron chi connectivity index (χ0n) is 11.3. The summed E-state index contributed by atoms with van der Waals surface area (Å²) in [6, 6.07) is 3.97. The fourth-order valence-electron chi connectivity index (χ4n) is 4.85. The van der Waals surface area contributed by atoms with Gasteiger partial charge in [-0.1, -0.05) is 0 Å². The van der Waals surface area contributed by atoms with Gasteiger partial charge in [-0.2, -0.15) is 0 Å². The van der Waals surface area contributed by atoms with E-state index in [9.17, 15) is 0 Å². The molecule has 1 aromatic rings. The van der Waals surface area contributed by atoms with Crippen molar-refractivity contribution >= 4 is 0 Å². The number of hydrogen-bond donors (Lipinski definition) is 1. The molecule has 4 aliphatic rings. The first-order valence-corrected chi connectivity index (χ1v) is 7.63. The summed E-state index contributed by atoms with van der Waals surface area (Å²) in [6.07, 6.45) is 9.24. The second-order valence-electron chi connectivity index (χ2n) is 6.72. The molecular formula is C16H22N2O. The van der Waals surface area contributed by atoms with Gasteiger partial charge < -0.3 is 10.5 Å². The lowest BCUT2D eigenvalue weighted by Gasteiger charge is -2.53. The maximum absolute atomic E-state index is 6.27. The number of nitrogens with zero attached hydrogens (tertiary/aromatic N) is 1. The van der Waals surface area contributed by atoms with Gasteiger partial charge in [-0.05, 0) is 67.4 Å². The van der Waals surface area contributed by atoms with Crippen molar-refractivity contribution in [3.63, 3.8) is 0 Å². The summed E-state index contributed by atoms with van der Waals surface area (Å²) in [5.74, 6) is 4.32. The Morgan fingerprint density at radius 2 is 1.79 bits per heavy atom. The highest BCUT2D eigenvalue weighted by molar-refractivity contribution is 5.20. The molecule has 0 radical (unpaired) electrons. The Kier molecular flexibility index (Phi) is 2.76. The van der Waals surface area contributed by atoms with Gasteiger partial charge in [0.05, 0.1) is 0 Å². The van der Waals surface area contributed by atoms with Crippen molar-refractivity contribution in [2.24, 2.45) is 29.4 Å². The van der Waals surface area contributed by atoms with E-state index in [2.05, 4.69) is 4.98 Å². The molecule has 4 fully saturated rings. The summed E-state index contributed by atoms with van der Waals surface area (Å²) in [7, 11) is 0. The van der Waals surface area contributed by atoms with Crippen LogP contribution in [0.2, 0.25) is 0 Å². The van der Waals surface area contributed by atoms with Gasteiger partial charge in [-0.3, -0.25) is 0 Å². The van der Waals surface area contributed by atoms with E-state index < -0.39 is 0 Å². The first-order chi connectivity index (χ1) is 9.31. The zero-order valence-corrected chi connectivity index (χ0v) is 11.3. The predicted octanol–water partition coefficient (Wildman–Crippen LogP) is 2.74. The molecule has 1 heterocycles. The van der Waals surface area contributed by atoms with Gasteiger partial charge in [0.15, 0.2) is 0 Å². The van der Waals surface area contributed by atoms with Crippen molar-refractivity contribution in [1.82, 2.24) is 4.98 Å². The minimum atomic E-state index is 0.410. The Bertz CT molecular complexity index is 446. The molecule has 2 N–H and O–H groups in total. The minimum Gasteiger partial charge on any atom is -0.474 e. The third kappa shape index (κ3) is 2.04. The number of hydrogen-bond acceptors (Lipinski definition) is 3. The second-order valence-corrected chi connectivity index (χ2v) is 6.72. The third-order valence-electron chi connectivity index (χ3n) is 5.43. The van der Waals surface area contributed by atoms with Crippen LogP contribution in [0.25, 0.3) is 0 Å².